The van der Waals surface area contributed by atoms with Crippen molar-refractivity contribution in [1.29, 1.82) is 0 Å². The quantitative estimate of drug-likeness (QED) is 0.763. The van der Waals surface area contributed by atoms with Crippen LogP contribution in [0.4, 0.5) is 0 Å². The van der Waals surface area contributed by atoms with Crippen molar-refractivity contribution >= 4 is 23.2 Å². The molecule has 0 aromatic carbocycles. The van der Waals surface area contributed by atoms with Gasteiger partial charge >= 0.3 is 5.97 Å². The van der Waals surface area contributed by atoms with Gasteiger partial charge in [0.15, 0.2) is 6.04 Å². The Labute approximate surface area is 79.2 Å². The Morgan fingerprint density at radius 2 is 2.31 bits per heavy atom. The van der Waals surface area contributed by atoms with Crippen LogP contribution < -0.4 is 5.32 Å². The van der Waals surface area contributed by atoms with Crippen molar-refractivity contribution in [2.45, 2.75) is 13.0 Å². The van der Waals surface area contributed by atoms with Crippen molar-refractivity contribution in [1.82, 2.24) is 5.32 Å². The van der Waals surface area contributed by atoms with Gasteiger partial charge in [-0.3, -0.25) is 4.79 Å². The second kappa shape index (κ2) is 4.04. The first-order chi connectivity index (χ1) is 6.11. The molecule has 1 atom stereocenters. The molecule has 1 heterocycles. The van der Waals surface area contributed by atoms with Crippen LogP contribution in [0.3, 0.4) is 0 Å². The minimum Gasteiger partial charge on any atom is -0.479 e. The lowest BCUT2D eigenvalue weighted by Crippen LogP contribution is -2.31. The van der Waals surface area contributed by atoms with Crippen LogP contribution in [0.15, 0.2) is 17.5 Å². The molecule has 1 rings (SSSR count). The van der Waals surface area contributed by atoms with Gasteiger partial charge in [0.2, 0.25) is 5.91 Å². The number of aliphatic carboxylic acids is 1. The molecule has 0 saturated carbocycles. The van der Waals surface area contributed by atoms with Gasteiger partial charge < -0.3 is 10.4 Å². The van der Waals surface area contributed by atoms with Crippen molar-refractivity contribution in [3.8, 4) is 0 Å². The van der Waals surface area contributed by atoms with E-state index >= 15 is 0 Å². The van der Waals surface area contributed by atoms with Gasteiger partial charge in [-0.25, -0.2) is 4.79 Å². The number of thiophene rings is 1. The largest absolute Gasteiger partial charge is 0.479 e. The summed E-state index contributed by atoms with van der Waals surface area (Å²) in [7, 11) is 0. The summed E-state index contributed by atoms with van der Waals surface area (Å²) in [5.41, 5.74) is 0. The highest BCUT2D eigenvalue weighted by Gasteiger charge is 2.20. The maximum absolute atomic E-state index is 10.7. The highest BCUT2D eigenvalue weighted by Crippen LogP contribution is 2.18. The number of amides is 1. The van der Waals surface area contributed by atoms with Crippen molar-refractivity contribution in [3.05, 3.63) is 22.4 Å². The van der Waals surface area contributed by atoms with Gasteiger partial charge in [-0.1, -0.05) is 6.07 Å². The van der Waals surface area contributed by atoms with Crippen molar-refractivity contribution in [2.24, 2.45) is 0 Å². The lowest BCUT2D eigenvalue weighted by atomic mass is 10.2. The number of carbonyl (C=O) groups excluding carboxylic acids is 1. The van der Waals surface area contributed by atoms with E-state index in [2.05, 4.69) is 5.32 Å². The average molecular weight is 199 g/mol. The lowest BCUT2D eigenvalue weighted by molar-refractivity contribution is -0.141. The van der Waals surface area contributed by atoms with E-state index in [1.54, 1.807) is 17.5 Å². The highest BCUT2D eigenvalue weighted by atomic mass is 32.1. The molecule has 0 aliphatic carbocycles. The summed E-state index contributed by atoms with van der Waals surface area (Å²) >= 11 is 1.31. The van der Waals surface area contributed by atoms with Gasteiger partial charge in [0, 0.05) is 11.8 Å². The molecule has 13 heavy (non-hydrogen) atoms. The van der Waals surface area contributed by atoms with Gasteiger partial charge in [0.25, 0.3) is 0 Å². The van der Waals surface area contributed by atoms with Crippen molar-refractivity contribution in [3.63, 3.8) is 0 Å². The Kier molecular flexibility index (Phi) is 3.02. The van der Waals surface area contributed by atoms with E-state index in [4.69, 9.17) is 5.11 Å². The third-order valence-corrected chi connectivity index (χ3v) is 2.36. The Balaban J connectivity index is 2.81. The zero-order valence-corrected chi connectivity index (χ0v) is 7.80. The van der Waals surface area contributed by atoms with E-state index in [1.807, 2.05) is 0 Å². The van der Waals surface area contributed by atoms with Crippen LogP contribution >= 0.6 is 11.3 Å². The van der Waals surface area contributed by atoms with Gasteiger partial charge in [-0.05, 0) is 11.4 Å². The van der Waals surface area contributed by atoms with Crippen molar-refractivity contribution in [2.75, 3.05) is 0 Å². The minimum absolute atomic E-state index is 0.346. The Hall–Kier alpha value is -1.36. The van der Waals surface area contributed by atoms with E-state index in [9.17, 15) is 9.59 Å². The van der Waals surface area contributed by atoms with Crippen LogP contribution in [0.2, 0.25) is 0 Å². The monoisotopic (exact) mass is 199 g/mol. The topological polar surface area (TPSA) is 66.4 Å². The van der Waals surface area contributed by atoms with E-state index in [0.717, 1.165) is 0 Å². The van der Waals surface area contributed by atoms with Gasteiger partial charge in [0.05, 0.1) is 0 Å². The molecular formula is C8H9NO3S. The molecule has 70 valence electrons. The zero-order valence-electron chi connectivity index (χ0n) is 6.98. The van der Waals surface area contributed by atoms with Crippen molar-refractivity contribution < 1.29 is 14.7 Å². The molecule has 0 saturated heterocycles. The molecular weight excluding hydrogens is 190 g/mol. The van der Waals surface area contributed by atoms with E-state index in [0.29, 0.717) is 4.88 Å². The second-order valence-electron chi connectivity index (χ2n) is 2.49. The van der Waals surface area contributed by atoms with Crippen LogP contribution in [-0.2, 0) is 9.59 Å². The predicted octanol–water partition coefficient (Wildman–Crippen LogP) is 1.01. The maximum Gasteiger partial charge on any atom is 0.331 e. The molecule has 1 aromatic rings. The van der Waals surface area contributed by atoms with E-state index in [-0.39, 0.29) is 5.91 Å². The maximum atomic E-state index is 10.7. The van der Waals surface area contributed by atoms with Crippen LogP contribution in [0.25, 0.3) is 0 Å². The van der Waals surface area contributed by atoms with E-state index < -0.39 is 12.0 Å². The molecule has 0 aliphatic rings. The summed E-state index contributed by atoms with van der Waals surface area (Å²) in [6.07, 6.45) is 0. The third kappa shape index (κ3) is 2.55. The number of hydrogen-bond donors (Lipinski definition) is 2. The Bertz CT molecular complexity index is 307. The minimum atomic E-state index is -1.04. The molecule has 0 fully saturated rings. The van der Waals surface area contributed by atoms with Crippen LogP contribution in [0.1, 0.15) is 17.8 Å². The molecule has 1 aromatic heterocycles. The summed E-state index contributed by atoms with van der Waals surface area (Å²) in [5.74, 6) is -1.39. The number of nitrogens with one attached hydrogen (secondary N) is 1. The molecule has 0 aliphatic heterocycles. The fraction of sp³-hybridized carbons (Fsp3) is 0.250. The molecule has 0 bridgehead atoms. The second-order valence-corrected chi connectivity index (χ2v) is 3.47. The van der Waals surface area contributed by atoms with Gasteiger partial charge in [0.1, 0.15) is 0 Å². The van der Waals surface area contributed by atoms with Crippen LogP contribution in [0, 0.1) is 0 Å². The molecule has 4 nitrogen and oxygen atoms in total. The predicted molar refractivity (Wildman–Crippen MR) is 48.5 cm³/mol. The van der Waals surface area contributed by atoms with Crippen LogP contribution in [0.5, 0.6) is 0 Å². The number of carbonyl (C=O) groups is 2. The molecule has 0 radical (unpaired) electrons. The first-order valence-corrected chi connectivity index (χ1v) is 4.52. The Morgan fingerprint density at radius 3 is 2.69 bits per heavy atom. The number of rotatable bonds is 3. The summed E-state index contributed by atoms with van der Waals surface area (Å²) in [6, 6.07) is 2.51. The Morgan fingerprint density at radius 1 is 1.62 bits per heavy atom. The third-order valence-electron chi connectivity index (χ3n) is 1.42. The first-order valence-electron chi connectivity index (χ1n) is 3.64. The fourth-order valence-electron chi connectivity index (χ4n) is 0.913. The molecule has 0 unspecified atom stereocenters. The zero-order chi connectivity index (χ0) is 9.84. The highest BCUT2D eigenvalue weighted by molar-refractivity contribution is 7.10. The lowest BCUT2D eigenvalue weighted by Gasteiger charge is -2.10. The van der Waals surface area contributed by atoms with E-state index in [1.165, 1.54) is 18.3 Å². The molecule has 0 spiro atoms. The normalized spacial score (nSPS) is 12.1. The van der Waals surface area contributed by atoms with Crippen LogP contribution in [-0.4, -0.2) is 17.0 Å². The molecule has 5 heteroatoms. The standard InChI is InChI=1S/C8H9NO3S/c1-5(10)9-7(8(11)12)6-3-2-4-13-6/h2-4,7H,1H3,(H,9,10)(H,11,12)/t7-/m1/s1. The number of carboxylic acids is 1. The summed E-state index contributed by atoms with van der Waals surface area (Å²) in [5, 5.41) is 12.9. The smallest absolute Gasteiger partial charge is 0.331 e. The van der Waals surface area contributed by atoms with Gasteiger partial charge in [-0.15, -0.1) is 11.3 Å². The average Bonchev–Trinajstić information content (AvgIpc) is 2.50. The van der Waals surface area contributed by atoms with Gasteiger partial charge in [-0.2, -0.15) is 0 Å². The number of hydrogen-bond acceptors (Lipinski definition) is 3. The number of carboxylic acid groups (broad SMARTS) is 1. The first kappa shape index (κ1) is 9.73. The SMILES string of the molecule is CC(=O)N[C@@H](C(=O)O)c1cccs1. The summed E-state index contributed by atoms with van der Waals surface area (Å²) in [4.78, 5) is 22.0. The molecule has 2 N–H and O–H groups in total. The summed E-state index contributed by atoms with van der Waals surface area (Å²) in [6.45, 7) is 1.30. The molecule has 1 amide bonds. The summed E-state index contributed by atoms with van der Waals surface area (Å²) < 4.78 is 0. The fourth-order valence-corrected chi connectivity index (χ4v) is 1.68.